The summed E-state index contributed by atoms with van der Waals surface area (Å²) in [6, 6.07) is 13.8. The summed E-state index contributed by atoms with van der Waals surface area (Å²) in [5.41, 5.74) is 5.56. The average Bonchev–Trinajstić information content (AvgIpc) is 2.63. The van der Waals surface area contributed by atoms with Crippen molar-refractivity contribution in [2.75, 3.05) is 0 Å². The zero-order chi connectivity index (χ0) is 18.9. The maximum atomic E-state index is 10.6. The van der Waals surface area contributed by atoms with E-state index < -0.39 is 6.10 Å². The van der Waals surface area contributed by atoms with E-state index >= 15 is 0 Å². The molecule has 3 rings (SSSR count). The molecule has 0 amide bonds. The molecule has 0 saturated heterocycles. The molecule has 136 valence electrons. The SMILES string of the molecule is CC1(C)CCC(C)(C)c2cc(C(O)C#Cc3ccc(CO)cc3)ccc21. The van der Waals surface area contributed by atoms with Gasteiger partial charge in [-0.15, -0.1) is 0 Å². The summed E-state index contributed by atoms with van der Waals surface area (Å²) < 4.78 is 0. The van der Waals surface area contributed by atoms with Gasteiger partial charge in [-0.2, -0.15) is 0 Å². The summed E-state index contributed by atoms with van der Waals surface area (Å²) in [4.78, 5) is 0. The quantitative estimate of drug-likeness (QED) is 0.778. The minimum Gasteiger partial charge on any atom is -0.392 e. The maximum absolute atomic E-state index is 10.6. The normalized spacial score (nSPS) is 18.4. The third-order valence-electron chi connectivity index (χ3n) is 5.68. The Bertz CT molecular complexity index is 848. The van der Waals surface area contributed by atoms with Crippen LogP contribution >= 0.6 is 0 Å². The molecule has 1 aliphatic rings. The Balaban J connectivity index is 1.89. The lowest BCUT2D eigenvalue weighted by molar-refractivity contribution is 0.237. The molecule has 0 fully saturated rings. The van der Waals surface area contributed by atoms with E-state index in [1.54, 1.807) is 0 Å². The topological polar surface area (TPSA) is 40.5 Å². The van der Waals surface area contributed by atoms with Crippen LogP contribution < -0.4 is 0 Å². The minimum absolute atomic E-state index is 0.0254. The van der Waals surface area contributed by atoms with Crippen molar-refractivity contribution in [1.29, 1.82) is 0 Å². The van der Waals surface area contributed by atoms with Gasteiger partial charge in [-0.25, -0.2) is 0 Å². The van der Waals surface area contributed by atoms with Crippen LogP contribution in [-0.2, 0) is 17.4 Å². The molecule has 26 heavy (non-hydrogen) atoms. The molecular weight excluding hydrogens is 320 g/mol. The van der Waals surface area contributed by atoms with Gasteiger partial charge in [0.25, 0.3) is 0 Å². The van der Waals surface area contributed by atoms with E-state index in [2.05, 4.69) is 51.7 Å². The van der Waals surface area contributed by atoms with Gasteiger partial charge in [0.15, 0.2) is 0 Å². The second-order valence-electron chi connectivity index (χ2n) is 8.60. The summed E-state index contributed by atoms with van der Waals surface area (Å²) in [5.74, 6) is 5.98. The number of hydrogen-bond donors (Lipinski definition) is 2. The molecule has 0 aromatic heterocycles. The number of aliphatic hydroxyl groups is 2. The van der Waals surface area contributed by atoms with E-state index in [4.69, 9.17) is 5.11 Å². The highest BCUT2D eigenvalue weighted by Gasteiger charge is 2.37. The van der Waals surface area contributed by atoms with Gasteiger partial charge in [-0.1, -0.05) is 69.9 Å². The first-order valence-corrected chi connectivity index (χ1v) is 9.27. The van der Waals surface area contributed by atoms with Gasteiger partial charge in [0.1, 0.15) is 6.10 Å². The molecule has 0 radical (unpaired) electrons. The first-order valence-electron chi connectivity index (χ1n) is 9.27. The lowest BCUT2D eigenvalue weighted by atomic mass is 9.63. The Labute approximate surface area is 156 Å². The number of fused-ring (bicyclic) bond motifs is 1. The maximum Gasteiger partial charge on any atom is 0.140 e. The van der Waals surface area contributed by atoms with Crippen LogP contribution in [0, 0.1) is 11.8 Å². The van der Waals surface area contributed by atoms with Gasteiger partial charge < -0.3 is 10.2 Å². The molecule has 0 spiro atoms. The Morgan fingerprint density at radius 1 is 0.923 bits per heavy atom. The van der Waals surface area contributed by atoms with Crippen molar-refractivity contribution in [1.82, 2.24) is 0 Å². The van der Waals surface area contributed by atoms with Crippen molar-refractivity contribution >= 4 is 0 Å². The summed E-state index contributed by atoms with van der Waals surface area (Å²) in [6.07, 6.45) is 1.52. The van der Waals surface area contributed by atoms with E-state index in [0.29, 0.717) is 0 Å². The predicted octanol–water partition coefficient (Wildman–Crippen LogP) is 4.61. The fourth-order valence-electron chi connectivity index (χ4n) is 3.70. The molecular formula is C24H28O2. The molecule has 1 unspecified atom stereocenters. The molecule has 0 aliphatic heterocycles. The summed E-state index contributed by atoms with van der Waals surface area (Å²) >= 11 is 0. The fraction of sp³-hybridized carbons (Fsp3) is 0.417. The van der Waals surface area contributed by atoms with Crippen molar-refractivity contribution in [2.45, 2.75) is 64.1 Å². The molecule has 0 saturated carbocycles. The number of rotatable bonds is 2. The van der Waals surface area contributed by atoms with Crippen LogP contribution in [0.1, 0.15) is 74.5 Å². The first kappa shape index (κ1) is 18.7. The van der Waals surface area contributed by atoms with Gasteiger partial charge in [-0.3, -0.25) is 0 Å². The van der Waals surface area contributed by atoms with Crippen LogP contribution in [0.5, 0.6) is 0 Å². The lowest BCUT2D eigenvalue weighted by Gasteiger charge is -2.42. The minimum atomic E-state index is -0.807. The van der Waals surface area contributed by atoms with Gasteiger partial charge in [-0.05, 0) is 58.1 Å². The molecule has 1 aliphatic carbocycles. The van der Waals surface area contributed by atoms with E-state index in [-0.39, 0.29) is 17.4 Å². The van der Waals surface area contributed by atoms with Gasteiger partial charge >= 0.3 is 0 Å². The standard InChI is InChI=1S/C24H28O2/c1-23(2)13-14-24(3,4)21-15-19(10-11-20(21)23)22(26)12-9-17-5-7-18(16-25)8-6-17/h5-8,10-11,15,22,25-26H,13-14,16H2,1-4H3. The molecule has 2 N–H and O–H groups in total. The summed E-state index contributed by atoms with van der Waals surface area (Å²) in [7, 11) is 0. The number of benzene rings is 2. The van der Waals surface area contributed by atoms with E-state index in [1.807, 2.05) is 30.3 Å². The van der Waals surface area contributed by atoms with Crippen molar-refractivity contribution in [2.24, 2.45) is 0 Å². The molecule has 1 atom stereocenters. The van der Waals surface area contributed by atoms with E-state index in [0.717, 1.165) is 23.1 Å². The average molecular weight is 348 g/mol. The summed E-state index contributed by atoms with van der Waals surface area (Å²) in [6.45, 7) is 9.19. The highest BCUT2D eigenvalue weighted by atomic mass is 16.3. The molecule has 2 aromatic rings. The smallest absolute Gasteiger partial charge is 0.140 e. The van der Waals surface area contributed by atoms with Gasteiger partial charge in [0.05, 0.1) is 6.61 Å². The Morgan fingerprint density at radius 2 is 1.54 bits per heavy atom. The zero-order valence-corrected chi connectivity index (χ0v) is 16.1. The number of hydrogen-bond acceptors (Lipinski definition) is 2. The first-order chi connectivity index (χ1) is 12.2. The Kier molecular flexibility index (Phi) is 4.97. The third-order valence-corrected chi connectivity index (χ3v) is 5.68. The van der Waals surface area contributed by atoms with Crippen LogP contribution in [0.15, 0.2) is 42.5 Å². The van der Waals surface area contributed by atoms with E-state index in [1.165, 1.54) is 17.5 Å². The van der Waals surface area contributed by atoms with Crippen molar-refractivity contribution in [3.05, 3.63) is 70.3 Å². The zero-order valence-electron chi connectivity index (χ0n) is 16.1. The van der Waals surface area contributed by atoms with Crippen molar-refractivity contribution in [3.8, 4) is 11.8 Å². The van der Waals surface area contributed by atoms with Gasteiger partial charge in [0, 0.05) is 5.56 Å². The van der Waals surface area contributed by atoms with Crippen LogP contribution in [0.4, 0.5) is 0 Å². The lowest BCUT2D eigenvalue weighted by Crippen LogP contribution is -2.34. The molecule has 0 heterocycles. The van der Waals surface area contributed by atoms with Gasteiger partial charge in [0.2, 0.25) is 0 Å². The summed E-state index contributed by atoms with van der Waals surface area (Å²) in [5, 5.41) is 19.7. The van der Waals surface area contributed by atoms with Crippen molar-refractivity contribution < 1.29 is 10.2 Å². The third kappa shape index (κ3) is 3.70. The van der Waals surface area contributed by atoms with Crippen LogP contribution in [0.2, 0.25) is 0 Å². The number of aliphatic hydroxyl groups excluding tert-OH is 2. The van der Waals surface area contributed by atoms with Crippen molar-refractivity contribution in [3.63, 3.8) is 0 Å². The second-order valence-corrected chi connectivity index (χ2v) is 8.60. The van der Waals surface area contributed by atoms with Crippen LogP contribution in [0.25, 0.3) is 0 Å². The largest absolute Gasteiger partial charge is 0.392 e. The molecule has 2 aromatic carbocycles. The molecule has 2 nitrogen and oxygen atoms in total. The second kappa shape index (κ2) is 6.91. The highest BCUT2D eigenvalue weighted by Crippen LogP contribution is 2.46. The Morgan fingerprint density at radius 3 is 2.15 bits per heavy atom. The highest BCUT2D eigenvalue weighted by molar-refractivity contribution is 5.46. The monoisotopic (exact) mass is 348 g/mol. The fourth-order valence-corrected chi connectivity index (χ4v) is 3.70. The molecule has 0 bridgehead atoms. The Hall–Kier alpha value is -2.08. The van der Waals surface area contributed by atoms with Crippen LogP contribution in [-0.4, -0.2) is 10.2 Å². The predicted molar refractivity (Wildman–Crippen MR) is 106 cm³/mol. The van der Waals surface area contributed by atoms with Crippen LogP contribution in [0.3, 0.4) is 0 Å². The molecule has 2 heteroatoms. The van der Waals surface area contributed by atoms with E-state index in [9.17, 15) is 5.11 Å².